The van der Waals surface area contributed by atoms with Crippen molar-refractivity contribution >= 4 is 32.0 Å². The summed E-state index contributed by atoms with van der Waals surface area (Å²) in [6.45, 7) is 0.276. The molecule has 0 spiro atoms. The number of nitrogens with one attached hydrogen (secondary N) is 1. The van der Waals surface area contributed by atoms with Crippen molar-refractivity contribution in [2.24, 2.45) is 5.14 Å². The smallest absolute Gasteiger partial charge is 0.316 e. The van der Waals surface area contributed by atoms with E-state index < -0.39 is 10.2 Å². The molecule has 0 amide bonds. The molecule has 0 saturated heterocycles. The second-order valence-electron chi connectivity index (χ2n) is 6.00. The van der Waals surface area contributed by atoms with Crippen LogP contribution < -0.4 is 28.8 Å². The van der Waals surface area contributed by atoms with Gasteiger partial charge in [-0.15, -0.1) is 0 Å². The minimum atomic E-state index is -4.10. The van der Waals surface area contributed by atoms with Crippen LogP contribution in [0.15, 0.2) is 41.4 Å². The lowest BCUT2D eigenvalue weighted by Crippen LogP contribution is -2.23. The van der Waals surface area contributed by atoms with Gasteiger partial charge >= 0.3 is 6.01 Å². The van der Waals surface area contributed by atoms with Crippen LogP contribution in [0.4, 0.5) is 5.82 Å². The van der Waals surface area contributed by atoms with Crippen molar-refractivity contribution in [1.82, 2.24) is 19.9 Å². The van der Waals surface area contributed by atoms with Gasteiger partial charge in [-0.05, 0) is 33.6 Å². The Morgan fingerprint density at radius 3 is 2.58 bits per heavy atom. The van der Waals surface area contributed by atoms with Crippen LogP contribution in [0.2, 0.25) is 0 Å². The van der Waals surface area contributed by atoms with E-state index in [0.29, 0.717) is 17.1 Å². The van der Waals surface area contributed by atoms with Gasteiger partial charge in [-0.25, -0.2) is 25.1 Å². The van der Waals surface area contributed by atoms with E-state index in [0.717, 1.165) is 10.8 Å². The Bertz CT molecular complexity index is 1190. The number of hydrogen-bond acceptors (Lipinski definition) is 10. The Balaban J connectivity index is 1.57. The Labute approximate surface area is 185 Å². The summed E-state index contributed by atoms with van der Waals surface area (Å²) in [4.78, 5) is 16.1. The third-order valence-electron chi connectivity index (χ3n) is 3.86. The summed E-state index contributed by atoms with van der Waals surface area (Å²) >= 11 is 3.24. The maximum Gasteiger partial charge on any atom is 0.316 e. The lowest BCUT2D eigenvalue weighted by molar-refractivity contribution is 0.174. The molecule has 31 heavy (non-hydrogen) atoms. The van der Waals surface area contributed by atoms with Gasteiger partial charge in [0.1, 0.15) is 19.5 Å². The molecule has 0 radical (unpaired) electrons. The van der Waals surface area contributed by atoms with Crippen LogP contribution in [-0.2, 0) is 10.2 Å². The average molecular weight is 511 g/mol. The highest BCUT2D eigenvalue weighted by Crippen LogP contribution is 2.40. The van der Waals surface area contributed by atoms with Crippen LogP contribution in [0.3, 0.4) is 0 Å². The summed E-state index contributed by atoms with van der Waals surface area (Å²) in [6, 6.07) is 5.22. The number of nitrogens with two attached hydrogens (primary N) is 1. The van der Waals surface area contributed by atoms with Gasteiger partial charge in [-0.2, -0.15) is 8.42 Å². The third kappa shape index (κ3) is 5.28. The van der Waals surface area contributed by atoms with E-state index in [1.807, 2.05) is 0 Å². The van der Waals surface area contributed by atoms with Gasteiger partial charge in [0.2, 0.25) is 12.7 Å². The van der Waals surface area contributed by atoms with Crippen molar-refractivity contribution in [2.45, 2.75) is 0 Å². The molecule has 4 rings (SSSR count). The number of ether oxygens (including phenoxy) is 4. The summed E-state index contributed by atoms with van der Waals surface area (Å²) in [7, 11) is -4.10. The minimum Gasteiger partial charge on any atom is -0.473 e. The molecule has 3 aromatic rings. The van der Waals surface area contributed by atoms with Crippen LogP contribution in [0.1, 0.15) is 0 Å². The minimum absolute atomic E-state index is 0.0523. The van der Waals surface area contributed by atoms with Gasteiger partial charge in [0.15, 0.2) is 17.3 Å². The predicted molar refractivity (Wildman–Crippen MR) is 111 cm³/mol. The number of anilines is 1. The molecule has 0 atom stereocenters. The van der Waals surface area contributed by atoms with Gasteiger partial charge in [0.05, 0.1) is 10.0 Å². The van der Waals surface area contributed by atoms with E-state index in [4.69, 9.17) is 24.1 Å². The highest BCUT2D eigenvalue weighted by molar-refractivity contribution is 9.10. The van der Waals surface area contributed by atoms with Crippen LogP contribution in [0.25, 0.3) is 11.1 Å². The zero-order chi connectivity index (χ0) is 21.8. The molecule has 2 aromatic heterocycles. The lowest BCUT2D eigenvalue weighted by Gasteiger charge is -2.14. The first-order valence-electron chi connectivity index (χ1n) is 8.68. The fourth-order valence-corrected chi connectivity index (χ4v) is 3.28. The Morgan fingerprint density at radius 1 is 1.06 bits per heavy atom. The van der Waals surface area contributed by atoms with Crippen molar-refractivity contribution in [2.75, 3.05) is 24.7 Å². The predicted octanol–water partition coefficient (Wildman–Crippen LogP) is 1.50. The topological polar surface area (TPSA) is 161 Å². The van der Waals surface area contributed by atoms with E-state index in [1.54, 1.807) is 30.6 Å². The van der Waals surface area contributed by atoms with E-state index in [9.17, 15) is 8.42 Å². The summed E-state index contributed by atoms with van der Waals surface area (Å²) in [5.74, 6) is 1.11. The third-order valence-corrected chi connectivity index (χ3v) is 4.75. The fraction of sp³-hybridized carbons (Fsp3) is 0.176. The number of nitrogens with zero attached hydrogens (tertiary/aromatic N) is 4. The molecule has 1 aliphatic rings. The molecule has 0 bridgehead atoms. The molecule has 0 unspecified atom stereocenters. The Morgan fingerprint density at radius 2 is 1.81 bits per heavy atom. The second kappa shape index (κ2) is 8.87. The summed E-state index contributed by atoms with van der Waals surface area (Å²) in [6.07, 6.45) is 4.26. The first-order chi connectivity index (χ1) is 14.9. The monoisotopic (exact) mass is 510 g/mol. The van der Waals surface area contributed by atoms with Crippen molar-refractivity contribution in [1.29, 1.82) is 0 Å². The number of rotatable bonds is 8. The summed E-state index contributed by atoms with van der Waals surface area (Å²) in [5.41, 5.74) is 0.804. The first kappa shape index (κ1) is 21.0. The number of fused-ring (bicyclic) bond motifs is 1. The highest BCUT2D eigenvalue weighted by Gasteiger charge is 2.21. The molecular weight excluding hydrogens is 496 g/mol. The van der Waals surface area contributed by atoms with E-state index in [2.05, 4.69) is 40.6 Å². The molecule has 162 valence electrons. The number of halogens is 1. The maximum absolute atomic E-state index is 11.6. The standard InChI is InChI=1S/C17H15BrN6O6S/c18-11-6-20-17(21-7-11)28-4-3-27-16-14(15(22-8-23-16)24-31(19,25)26)10-1-2-12-13(5-10)30-9-29-12/h1-2,5-8H,3-4,9H2,(H2,19,25,26)(H,22,23,24). The number of aromatic nitrogens is 4. The van der Waals surface area contributed by atoms with Gasteiger partial charge in [-0.1, -0.05) is 6.07 Å². The van der Waals surface area contributed by atoms with Crippen LogP contribution >= 0.6 is 15.9 Å². The molecule has 1 aliphatic heterocycles. The summed E-state index contributed by atoms with van der Waals surface area (Å²) in [5, 5.41) is 5.13. The fourth-order valence-electron chi connectivity index (χ4n) is 2.65. The molecule has 0 fully saturated rings. The van der Waals surface area contributed by atoms with Crippen molar-refractivity contribution < 1.29 is 27.4 Å². The zero-order valence-electron chi connectivity index (χ0n) is 15.7. The molecule has 0 saturated carbocycles. The van der Waals surface area contributed by atoms with E-state index in [1.165, 1.54) is 0 Å². The first-order valence-corrected chi connectivity index (χ1v) is 11.0. The molecule has 3 N–H and O–H groups in total. The Kier molecular flexibility index (Phi) is 6.01. The number of benzene rings is 1. The summed E-state index contributed by atoms with van der Waals surface area (Å²) < 4.78 is 48.0. The van der Waals surface area contributed by atoms with Gasteiger partial charge in [-0.3, -0.25) is 4.72 Å². The molecule has 1 aromatic carbocycles. The van der Waals surface area contributed by atoms with Crippen LogP contribution in [-0.4, -0.2) is 48.4 Å². The molecular formula is C17H15BrN6O6S. The van der Waals surface area contributed by atoms with Gasteiger partial charge < -0.3 is 18.9 Å². The van der Waals surface area contributed by atoms with Crippen molar-refractivity contribution in [3.05, 3.63) is 41.4 Å². The molecule has 14 heteroatoms. The number of hydrogen-bond donors (Lipinski definition) is 2. The largest absolute Gasteiger partial charge is 0.473 e. The second-order valence-corrected chi connectivity index (χ2v) is 8.21. The molecule has 0 aliphatic carbocycles. The lowest BCUT2D eigenvalue weighted by atomic mass is 10.1. The zero-order valence-corrected chi connectivity index (χ0v) is 18.1. The normalized spacial score (nSPS) is 12.5. The maximum atomic E-state index is 11.6. The van der Waals surface area contributed by atoms with Crippen LogP contribution in [0.5, 0.6) is 23.4 Å². The van der Waals surface area contributed by atoms with Crippen molar-refractivity contribution in [3.63, 3.8) is 0 Å². The van der Waals surface area contributed by atoms with Crippen molar-refractivity contribution in [3.8, 4) is 34.5 Å². The average Bonchev–Trinajstić information content (AvgIpc) is 3.19. The Hall–Kier alpha value is -3.23. The highest BCUT2D eigenvalue weighted by atomic mass is 79.9. The van der Waals surface area contributed by atoms with E-state index in [-0.39, 0.29) is 43.3 Å². The SMILES string of the molecule is NS(=O)(=O)Nc1ncnc(OCCOc2ncc(Br)cn2)c1-c1ccc2c(c1)OCO2. The molecule has 12 nitrogen and oxygen atoms in total. The van der Waals surface area contributed by atoms with E-state index >= 15 is 0 Å². The van der Waals surface area contributed by atoms with Crippen LogP contribution in [0, 0.1) is 0 Å². The molecule has 3 heterocycles. The van der Waals surface area contributed by atoms with Gasteiger partial charge in [0.25, 0.3) is 10.2 Å². The quantitative estimate of drug-likeness (QED) is 0.424. The van der Waals surface area contributed by atoms with Gasteiger partial charge in [0, 0.05) is 12.4 Å².